The lowest BCUT2D eigenvalue weighted by Crippen LogP contribution is -2.39. The second-order valence-electron chi connectivity index (χ2n) is 7.18. The molecule has 0 saturated carbocycles. The Hall–Kier alpha value is -2.82. The number of carbonyl (C=O) groups is 1. The van der Waals surface area contributed by atoms with Crippen LogP contribution in [0.4, 0.5) is 0 Å². The number of carboxylic acids is 1. The molecular weight excluding hydrogens is 386 g/mol. The molecule has 4 rings (SSSR count). The van der Waals surface area contributed by atoms with Crippen LogP contribution in [-0.4, -0.2) is 28.6 Å². The van der Waals surface area contributed by atoms with Gasteiger partial charge in [-0.15, -0.1) is 0 Å². The van der Waals surface area contributed by atoms with Crippen LogP contribution >= 0.6 is 11.6 Å². The van der Waals surface area contributed by atoms with E-state index < -0.39 is 12.0 Å². The van der Waals surface area contributed by atoms with Gasteiger partial charge in [0.2, 0.25) is 0 Å². The molecule has 5 heteroatoms. The van der Waals surface area contributed by atoms with E-state index in [1.54, 1.807) is 0 Å². The number of ether oxygens (including phenoxy) is 1. The third-order valence-electron chi connectivity index (χ3n) is 5.25. The molecule has 1 N–H and O–H groups in total. The minimum atomic E-state index is -0.779. The quantitative estimate of drug-likeness (QED) is 0.563. The first kappa shape index (κ1) is 19.5. The van der Waals surface area contributed by atoms with Crippen LogP contribution in [-0.2, 0) is 4.79 Å². The number of nitrogens with zero attached hydrogens (tertiary/aromatic N) is 1. The van der Waals surface area contributed by atoms with Crippen molar-refractivity contribution in [3.05, 3.63) is 95.0 Å². The maximum absolute atomic E-state index is 11.9. The second kappa shape index (κ2) is 8.68. The zero-order chi connectivity index (χ0) is 20.2. The minimum absolute atomic E-state index is 0.185. The molecular formula is C24H22ClNO3. The largest absolute Gasteiger partial charge is 0.480 e. The highest BCUT2D eigenvalue weighted by molar-refractivity contribution is 6.30. The molecule has 0 amide bonds. The predicted molar refractivity (Wildman–Crippen MR) is 114 cm³/mol. The Morgan fingerprint density at radius 2 is 1.69 bits per heavy atom. The van der Waals surface area contributed by atoms with Crippen molar-refractivity contribution < 1.29 is 14.6 Å². The van der Waals surface area contributed by atoms with Gasteiger partial charge in [0, 0.05) is 11.6 Å². The Labute approximate surface area is 175 Å². The molecule has 0 aliphatic carbocycles. The predicted octanol–water partition coefficient (Wildman–Crippen LogP) is 5.77. The molecule has 0 bridgehead atoms. The van der Waals surface area contributed by atoms with Gasteiger partial charge in [-0.25, -0.2) is 0 Å². The summed E-state index contributed by atoms with van der Waals surface area (Å²) in [5, 5.41) is 10.4. The molecule has 1 saturated heterocycles. The standard InChI is InChI=1S/C24H22ClNO3/c25-19-13-11-17(12-14-19)23(26-15-5-10-22(26)24(27)28)18-6-4-9-21(16-18)29-20-7-2-1-3-8-20/h1-4,6-9,11-14,16,22-23H,5,10,15H2,(H,27,28). The molecule has 1 fully saturated rings. The van der Waals surface area contributed by atoms with Gasteiger partial charge in [0.15, 0.2) is 0 Å². The lowest BCUT2D eigenvalue weighted by molar-refractivity contribution is -0.142. The van der Waals surface area contributed by atoms with E-state index >= 15 is 0 Å². The number of carboxylic acid groups (broad SMARTS) is 1. The molecule has 4 nitrogen and oxygen atoms in total. The zero-order valence-electron chi connectivity index (χ0n) is 15.9. The van der Waals surface area contributed by atoms with E-state index in [9.17, 15) is 9.90 Å². The van der Waals surface area contributed by atoms with Crippen molar-refractivity contribution in [1.82, 2.24) is 4.90 Å². The Morgan fingerprint density at radius 3 is 2.41 bits per heavy atom. The number of rotatable bonds is 6. The Bertz CT molecular complexity index is 975. The summed E-state index contributed by atoms with van der Waals surface area (Å²) in [6, 6.07) is 24.4. The summed E-state index contributed by atoms with van der Waals surface area (Å²) in [4.78, 5) is 13.9. The van der Waals surface area contributed by atoms with Crippen LogP contribution in [0.1, 0.15) is 30.0 Å². The monoisotopic (exact) mass is 407 g/mol. The van der Waals surface area contributed by atoms with E-state index in [0.29, 0.717) is 11.4 Å². The zero-order valence-corrected chi connectivity index (χ0v) is 16.6. The molecule has 148 valence electrons. The van der Waals surface area contributed by atoms with Crippen LogP contribution in [0.3, 0.4) is 0 Å². The molecule has 2 atom stereocenters. The lowest BCUT2D eigenvalue weighted by Gasteiger charge is -2.32. The van der Waals surface area contributed by atoms with Gasteiger partial charge in [0.1, 0.15) is 17.5 Å². The third kappa shape index (κ3) is 4.44. The average molecular weight is 408 g/mol. The van der Waals surface area contributed by atoms with Crippen LogP contribution in [0.2, 0.25) is 5.02 Å². The fourth-order valence-corrected chi connectivity index (χ4v) is 4.08. The van der Waals surface area contributed by atoms with Crippen LogP contribution in [0.25, 0.3) is 0 Å². The van der Waals surface area contributed by atoms with E-state index in [1.165, 1.54) is 0 Å². The molecule has 0 spiro atoms. The number of likely N-dealkylation sites (tertiary alicyclic amines) is 1. The highest BCUT2D eigenvalue weighted by Gasteiger charge is 2.36. The first-order valence-electron chi connectivity index (χ1n) is 9.69. The summed E-state index contributed by atoms with van der Waals surface area (Å²) in [6.45, 7) is 0.730. The number of aliphatic carboxylic acids is 1. The number of hydrogen-bond acceptors (Lipinski definition) is 3. The van der Waals surface area contributed by atoms with Gasteiger partial charge in [0.25, 0.3) is 0 Å². The Balaban J connectivity index is 1.72. The summed E-state index contributed by atoms with van der Waals surface area (Å²) >= 11 is 6.09. The van der Waals surface area contributed by atoms with E-state index in [0.717, 1.165) is 35.6 Å². The summed E-state index contributed by atoms with van der Waals surface area (Å²) in [5.74, 6) is 0.703. The molecule has 1 heterocycles. The summed E-state index contributed by atoms with van der Waals surface area (Å²) in [7, 11) is 0. The van der Waals surface area contributed by atoms with Crippen LogP contribution < -0.4 is 4.74 Å². The number of benzene rings is 3. The number of halogens is 1. The fraction of sp³-hybridized carbons (Fsp3) is 0.208. The molecule has 1 aliphatic heterocycles. The lowest BCUT2D eigenvalue weighted by atomic mass is 9.96. The third-order valence-corrected chi connectivity index (χ3v) is 5.50. The number of para-hydroxylation sites is 1. The Kier molecular flexibility index (Phi) is 5.84. The number of hydrogen-bond donors (Lipinski definition) is 1. The molecule has 3 aromatic rings. The highest BCUT2D eigenvalue weighted by Crippen LogP contribution is 2.37. The summed E-state index contributed by atoms with van der Waals surface area (Å²) < 4.78 is 6.01. The molecule has 29 heavy (non-hydrogen) atoms. The first-order chi connectivity index (χ1) is 14.1. The van der Waals surface area contributed by atoms with Gasteiger partial charge in [-0.1, -0.05) is 54.1 Å². The van der Waals surface area contributed by atoms with Crippen molar-refractivity contribution >= 4 is 17.6 Å². The molecule has 0 aromatic heterocycles. The van der Waals surface area contributed by atoms with Gasteiger partial charge >= 0.3 is 5.97 Å². The summed E-state index contributed by atoms with van der Waals surface area (Å²) in [6.07, 6.45) is 1.51. The van der Waals surface area contributed by atoms with Gasteiger partial charge in [-0.3, -0.25) is 9.69 Å². The van der Waals surface area contributed by atoms with Crippen LogP contribution in [0.15, 0.2) is 78.9 Å². The maximum atomic E-state index is 11.9. The normalized spacial score (nSPS) is 17.8. The maximum Gasteiger partial charge on any atom is 0.320 e. The molecule has 0 radical (unpaired) electrons. The topological polar surface area (TPSA) is 49.8 Å². The molecule has 2 unspecified atom stereocenters. The summed E-state index contributed by atoms with van der Waals surface area (Å²) in [5.41, 5.74) is 2.01. The Morgan fingerprint density at radius 1 is 0.966 bits per heavy atom. The van der Waals surface area contributed by atoms with E-state index in [-0.39, 0.29) is 6.04 Å². The van der Waals surface area contributed by atoms with Gasteiger partial charge in [-0.05, 0) is 60.4 Å². The smallest absolute Gasteiger partial charge is 0.320 e. The van der Waals surface area contributed by atoms with E-state index in [2.05, 4.69) is 4.90 Å². The van der Waals surface area contributed by atoms with Gasteiger partial charge in [-0.2, -0.15) is 0 Å². The average Bonchev–Trinajstić information content (AvgIpc) is 3.20. The van der Waals surface area contributed by atoms with Crippen molar-refractivity contribution in [1.29, 1.82) is 0 Å². The van der Waals surface area contributed by atoms with Crippen molar-refractivity contribution in [2.45, 2.75) is 24.9 Å². The van der Waals surface area contributed by atoms with Crippen LogP contribution in [0, 0.1) is 0 Å². The van der Waals surface area contributed by atoms with E-state index in [1.807, 2.05) is 78.9 Å². The van der Waals surface area contributed by atoms with Crippen molar-refractivity contribution in [2.75, 3.05) is 6.54 Å². The van der Waals surface area contributed by atoms with Crippen molar-refractivity contribution in [3.63, 3.8) is 0 Å². The first-order valence-corrected chi connectivity index (χ1v) is 10.1. The minimum Gasteiger partial charge on any atom is -0.480 e. The van der Waals surface area contributed by atoms with Crippen molar-refractivity contribution in [3.8, 4) is 11.5 Å². The van der Waals surface area contributed by atoms with Gasteiger partial charge in [0.05, 0.1) is 6.04 Å². The van der Waals surface area contributed by atoms with Gasteiger partial charge < -0.3 is 9.84 Å². The molecule has 3 aromatic carbocycles. The fourth-order valence-electron chi connectivity index (χ4n) is 3.96. The van der Waals surface area contributed by atoms with Crippen LogP contribution in [0.5, 0.6) is 11.5 Å². The molecule has 1 aliphatic rings. The second-order valence-corrected chi connectivity index (χ2v) is 7.61. The highest BCUT2D eigenvalue weighted by atomic mass is 35.5. The van der Waals surface area contributed by atoms with Crippen molar-refractivity contribution in [2.24, 2.45) is 0 Å². The SMILES string of the molecule is O=C(O)C1CCCN1C(c1ccc(Cl)cc1)c1cccc(Oc2ccccc2)c1. The van der Waals surface area contributed by atoms with E-state index in [4.69, 9.17) is 16.3 Å².